The summed E-state index contributed by atoms with van der Waals surface area (Å²) >= 11 is 0. The molecule has 0 amide bonds. The molecule has 82 valence electrons. The Hall–Kier alpha value is -1.89. The number of aldehydes is 1. The van der Waals surface area contributed by atoms with Crippen molar-refractivity contribution in [2.75, 3.05) is 11.4 Å². The number of rotatable bonds is 2. The van der Waals surface area contributed by atoms with Gasteiger partial charge in [-0.3, -0.25) is 0 Å². The number of aromatic nitrogens is 1. The van der Waals surface area contributed by atoms with E-state index in [0.29, 0.717) is 5.69 Å². The standard InChI is InChI=1S/C12H13N3O/c13-8-10-4-3-6-12(14-10)15-7-2-1-5-11(15)9-16/h3-4,6,9,11H,1-2,5,7H2. The van der Waals surface area contributed by atoms with Gasteiger partial charge < -0.3 is 9.69 Å². The highest BCUT2D eigenvalue weighted by Gasteiger charge is 2.22. The van der Waals surface area contributed by atoms with Crippen molar-refractivity contribution >= 4 is 12.1 Å². The Morgan fingerprint density at radius 2 is 2.38 bits per heavy atom. The summed E-state index contributed by atoms with van der Waals surface area (Å²) in [5.74, 6) is 0.732. The molecule has 0 bridgehead atoms. The number of carbonyl (C=O) groups is 1. The van der Waals surface area contributed by atoms with Crippen molar-refractivity contribution in [3.05, 3.63) is 23.9 Å². The second-order valence-electron chi connectivity index (χ2n) is 3.89. The Morgan fingerprint density at radius 3 is 3.12 bits per heavy atom. The third-order valence-electron chi connectivity index (χ3n) is 2.85. The largest absolute Gasteiger partial charge is 0.347 e. The molecule has 0 aromatic carbocycles. The summed E-state index contributed by atoms with van der Waals surface area (Å²) in [7, 11) is 0. The van der Waals surface area contributed by atoms with Crippen LogP contribution in [-0.4, -0.2) is 23.9 Å². The maximum absolute atomic E-state index is 11.0. The van der Waals surface area contributed by atoms with Gasteiger partial charge >= 0.3 is 0 Å². The minimum absolute atomic E-state index is 0.0878. The lowest BCUT2D eigenvalue weighted by atomic mass is 10.0. The van der Waals surface area contributed by atoms with Crippen molar-refractivity contribution in [1.82, 2.24) is 4.98 Å². The molecule has 4 nitrogen and oxygen atoms in total. The highest BCUT2D eigenvalue weighted by Crippen LogP contribution is 2.22. The quantitative estimate of drug-likeness (QED) is 0.702. The predicted octanol–water partition coefficient (Wildman–Crippen LogP) is 1.51. The summed E-state index contributed by atoms with van der Waals surface area (Å²) in [6.45, 7) is 0.839. The molecule has 1 aliphatic heterocycles. The molecule has 0 saturated carbocycles. The van der Waals surface area contributed by atoms with E-state index < -0.39 is 0 Å². The van der Waals surface area contributed by atoms with Crippen LogP contribution in [0, 0.1) is 11.3 Å². The van der Waals surface area contributed by atoms with E-state index in [1.165, 1.54) is 0 Å². The zero-order chi connectivity index (χ0) is 11.4. The predicted molar refractivity (Wildman–Crippen MR) is 60.0 cm³/mol. The Kier molecular flexibility index (Phi) is 3.16. The average Bonchev–Trinajstić information content (AvgIpc) is 2.38. The van der Waals surface area contributed by atoms with Crippen molar-refractivity contribution < 1.29 is 4.79 Å². The van der Waals surface area contributed by atoms with Gasteiger partial charge in [-0.2, -0.15) is 5.26 Å². The van der Waals surface area contributed by atoms with Gasteiger partial charge in [-0.25, -0.2) is 4.98 Å². The highest BCUT2D eigenvalue weighted by molar-refractivity contribution is 5.65. The SMILES string of the molecule is N#Cc1cccc(N2CCCCC2C=O)n1. The first-order valence-corrected chi connectivity index (χ1v) is 5.44. The second kappa shape index (κ2) is 4.75. The van der Waals surface area contributed by atoms with Crippen LogP contribution < -0.4 is 4.90 Å². The topological polar surface area (TPSA) is 57.0 Å². The van der Waals surface area contributed by atoms with E-state index in [1.54, 1.807) is 12.1 Å². The number of nitrogens with zero attached hydrogens (tertiary/aromatic N) is 3. The zero-order valence-electron chi connectivity index (χ0n) is 8.97. The molecule has 16 heavy (non-hydrogen) atoms. The van der Waals surface area contributed by atoms with E-state index in [1.807, 2.05) is 17.0 Å². The lowest BCUT2D eigenvalue weighted by Gasteiger charge is -2.33. The van der Waals surface area contributed by atoms with Gasteiger partial charge in [0.15, 0.2) is 0 Å². The molecule has 1 unspecified atom stereocenters. The summed E-state index contributed by atoms with van der Waals surface area (Å²) in [6.07, 6.45) is 4.00. The van der Waals surface area contributed by atoms with Crippen LogP contribution in [0.15, 0.2) is 18.2 Å². The van der Waals surface area contributed by atoms with Gasteiger partial charge in [0.25, 0.3) is 0 Å². The van der Waals surface area contributed by atoms with Crippen LogP contribution in [0.5, 0.6) is 0 Å². The smallest absolute Gasteiger partial charge is 0.142 e. The number of hydrogen-bond donors (Lipinski definition) is 0. The van der Waals surface area contributed by atoms with Gasteiger partial charge in [0.05, 0.1) is 6.04 Å². The van der Waals surface area contributed by atoms with Crippen LogP contribution in [0.2, 0.25) is 0 Å². The first-order valence-electron chi connectivity index (χ1n) is 5.44. The summed E-state index contributed by atoms with van der Waals surface area (Å²) in [5.41, 5.74) is 0.396. The normalized spacial score (nSPS) is 20.2. The molecule has 0 radical (unpaired) electrons. The highest BCUT2D eigenvalue weighted by atomic mass is 16.1. The van der Waals surface area contributed by atoms with Crippen LogP contribution in [0.4, 0.5) is 5.82 Å². The van der Waals surface area contributed by atoms with Gasteiger partial charge in [0, 0.05) is 6.54 Å². The second-order valence-corrected chi connectivity index (χ2v) is 3.89. The molecule has 1 aromatic rings. The minimum Gasteiger partial charge on any atom is -0.347 e. The summed E-state index contributed by atoms with van der Waals surface area (Å²) in [4.78, 5) is 17.2. The zero-order valence-corrected chi connectivity index (χ0v) is 8.97. The summed E-state index contributed by atoms with van der Waals surface area (Å²) < 4.78 is 0. The van der Waals surface area contributed by atoms with Crippen LogP contribution >= 0.6 is 0 Å². The maximum atomic E-state index is 11.0. The van der Waals surface area contributed by atoms with Gasteiger partial charge in [-0.15, -0.1) is 0 Å². The van der Waals surface area contributed by atoms with Gasteiger partial charge in [0.1, 0.15) is 23.9 Å². The minimum atomic E-state index is -0.0878. The average molecular weight is 215 g/mol. The Morgan fingerprint density at radius 1 is 1.50 bits per heavy atom. The van der Waals surface area contributed by atoms with Crippen LogP contribution in [0.25, 0.3) is 0 Å². The van der Waals surface area contributed by atoms with Crippen molar-refractivity contribution in [1.29, 1.82) is 5.26 Å². The molecule has 0 aliphatic carbocycles. The summed E-state index contributed by atoms with van der Waals surface area (Å²) in [5, 5.41) is 8.78. The molecule has 0 N–H and O–H groups in total. The van der Waals surface area contributed by atoms with Crippen molar-refractivity contribution in [3.63, 3.8) is 0 Å². The van der Waals surface area contributed by atoms with Gasteiger partial charge in [-0.1, -0.05) is 6.07 Å². The van der Waals surface area contributed by atoms with E-state index in [4.69, 9.17) is 5.26 Å². The van der Waals surface area contributed by atoms with E-state index >= 15 is 0 Å². The Labute approximate surface area is 94.5 Å². The molecule has 1 aliphatic rings. The lowest BCUT2D eigenvalue weighted by Crippen LogP contribution is -2.41. The Bertz CT molecular complexity index is 425. The lowest BCUT2D eigenvalue weighted by molar-refractivity contribution is -0.109. The fourth-order valence-corrected chi connectivity index (χ4v) is 2.03. The van der Waals surface area contributed by atoms with E-state index in [0.717, 1.165) is 37.9 Å². The Balaban J connectivity index is 2.27. The fraction of sp³-hybridized carbons (Fsp3) is 0.417. The van der Waals surface area contributed by atoms with E-state index in [-0.39, 0.29) is 6.04 Å². The third kappa shape index (κ3) is 2.03. The molecule has 1 saturated heterocycles. The monoisotopic (exact) mass is 215 g/mol. The number of nitriles is 1. The van der Waals surface area contributed by atoms with E-state index in [9.17, 15) is 4.79 Å². The summed E-state index contributed by atoms with van der Waals surface area (Å²) in [6, 6.07) is 7.25. The van der Waals surface area contributed by atoms with Crippen molar-refractivity contribution in [2.24, 2.45) is 0 Å². The van der Waals surface area contributed by atoms with Gasteiger partial charge in [0.2, 0.25) is 0 Å². The molecule has 1 atom stereocenters. The van der Waals surface area contributed by atoms with Crippen LogP contribution in [-0.2, 0) is 4.79 Å². The maximum Gasteiger partial charge on any atom is 0.142 e. The van der Waals surface area contributed by atoms with Crippen LogP contribution in [0.1, 0.15) is 25.0 Å². The number of carbonyl (C=O) groups excluding carboxylic acids is 1. The molecular weight excluding hydrogens is 202 g/mol. The molecular formula is C12H13N3O. The number of pyridine rings is 1. The number of hydrogen-bond acceptors (Lipinski definition) is 4. The fourth-order valence-electron chi connectivity index (χ4n) is 2.03. The third-order valence-corrected chi connectivity index (χ3v) is 2.85. The van der Waals surface area contributed by atoms with Crippen molar-refractivity contribution in [3.8, 4) is 6.07 Å². The number of anilines is 1. The molecule has 0 spiro atoms. The van der Waals surface area contributed by atoms with Crippen LogP contribution in [0.3, 0.4) is 0 Å². The first kappa shape index (κ1) is 10.6. The van der Waals surface area contributed by atoms with Gasteiger partial charge in [-0.05, 0) is 31.4 Å². The van der Waals surface area contributed by atoms with Crippen molar-refractivity contribution in [2.45, 2.75) is 25.3 Å². The van der Waals surface area contributed by atoms with E-state index in [2.05, 4.69) is 4.98 Å². The molecule has 1 aromatic heterocycles. The molecule has 2 heterocycles. The number of piperidine rings is 1. The first-order chi connectivity index (χ1) is 7.85. The molecule has 4 heteroatoms. The molecule has 1 fully saturated rings. The molecule has 2 rings (SSSR count).